The fourth-order valence-corrected chi connectivity index (χ4v) is 2.03. The van der Waals surface area contributed by atoms with Crippen molar-refractivity contribution in [1.82, 2.24) is 19.9 Å². The third-order valence-corrected chi connectivity index (χ3v) is 3.01. The summed E-state index contributed by atoms with van der Waals surface area (Å²) in [7, 11) is 1.71. The van der Waals surface area contributed by atoms with E-state index in [1.54, 1.807) is 28.9 Å². The highest BCUT2D eigenvalue weighted by atomic mass is 35.5. The summed E-state index contributed by atoms with van der Waals surface area (Å²) in [4.78, 5) is 13.8. The number of halogens is 1. The first kappa shape index (κ1) is 14.5. The van der Waals surface area contributed by atoms with Crippen LogP contribution in [0.1, 0.15) is 16.1 Å². The second-order valence-corrected chi connectivity index (χ2v) is 4.88. The van der Waals surface area contributed by atoms with Crippen molar-refractivity contribution in [3.05, 3.63) is 46.7 Å². The number of nitrogens with two attached hydrogens (primary N) is 1. The third-order valence-electron chi connectivity index (χ3n) is 2.77. The Morgan fingerprint density at radius 3 is 3.00 bits per heavy atom. The Hall–Kier alpha value is -1.92. The van der Waals surface area contributed by atoms with Crippen molar-refractivity contribution in [3.63, 3.8) is 0 Å². The number of carbonyl (C=O) groups is 1. The van der Waals surface area contributed by atoms with Gasteiger partial charge in [0.1, 0.15) is 0 Å². The quantitative estimate of drug-likeness (QED) is 0.897. The van der Waals surface area contributed by atoms with Gasteiger partial charge in [0, 0.05) is 25.2 Å². The van der Waals surface area contributed by atoms with Crippen LogP contribution in [0.4, 0.5) is 0 Å². The lowest BCUT2D eigenvalue weighted by molar-refractivity contribution is 0.0779. The normalized spacial score (nSPS) is 10.6. The van der Waals surface area contributed by atoms with Crippen LogP contribution in [0.5, 0.6) is 0 Å². The van der Waals surface area contributed by atoms with Crippen molar-refractivity contribution < 1.29 is 4.79 Å². The number of nitrogens with zero attached hydrogens (tertiary/aromatic N) is 4. The van der Waals surface area contributed by atoms with Gasteiger partial charge in [0.15, 0.2) is 5.69 Å². The van der Waals surface area contributed by atoms with Crippen LogP contribution >= 0.6 is 11.6 Å². The number of aromatic nitrogens is 3. The molecule has 20 heavy (non-hydrogen) atoms. The molecular weight excluding hydrogens is 278 g/mol. The molecule has 0 unspecified atom stereocenters. The predicted octanol–water partition coefficient (Wildman–Crippen LogP) is 1.16. The molecule has 1 aromatic heterocycles. The molecule has 2 N–H and O–H groups in total. The zero-order valence-corrected chi connectivity index (χ0v) is 11.9. The molecule has 0 aliphatic carbocycles. The Morgan fingerprint density at radius 2 is 2.30 bits per heavy atom. The van der Waals surface area contributed by atoms with Crippen LogP contribution in [-0.4, -0.2) is 39.4 Å². The maximum absolute atomic E-state index is 12.2. The summed E-state index contributed by atoms with van der Waals surface area (Å²) in [5.74, 6) is -0.187. The van der Waals surface area contributed by atoms with Gasteiger partial charge < -0.3 is 10.6 Å². The van der Waals surface area contributed by atoms with Crippen LogP contribution in [0.15, 0.2) is 30.5 Å². The van der Waals surface area contributed by atoms with Crippen molar-refractivity contribution in [2.24, 2.45) is 5.73 Å². The van der Waals surface area contributed by atoms with Crippen molar-refractivity contribution in [1.29, 1.82) is 0 Å². The standard InChI is InChI=1S/C13H16ClN5O/c1-18(8-10-3-2-4-11(14)7-10)13(20)12-9-19(6-5-15)17-16-12/h2-4,7,9H,5-6,8,15H2,1H3. The molecule has 1 amide bonds. The molecule has 106 valence electrons. The largest absolute Gasteiger partial charge is 0.336 e. The Balaban J connectivity index is 2.04. The summed E-state index contributed by atoms with van der Waals surface area (Å²) in [5.41, 5.74) is 6.69. The number of benzene rings is 1. The van der Waals surface area contributed by atoms with Gasteiger partial charge in [-0.2, -0.15) is 0 Å². The SMILES string of the molecule is CN(Cc1cccc(Cl)c1)C(=O)c1cn(CCN)nn1. The van der Waals surface area contributed by atoms with Crippen molar-refractivity contribution >= 4 is 17.5 Å². The minimum atomic E-state index is -0.187. The summed E-state index contributed by atoms with van der Waals surface area (Å²) < 4.78 is 1.56. The molecule has 2 rings (SSSR count). The molecule has 1 heterocycles. The van der Waals surface area contributed by atoms with E-state index in [-0.39, 0.29) is 5.91 Å². The fourth-order valence-electron chi connectivity index (χ4n) is 1.81. The van der Waals surface area contributed by atoms with E-state index in [9.17, 15) is 4.79 Å². The van der Waals surface area contributed by atoms with E-state index in [1.807, 2.05) is 18.2 Å². The minimum Gasteiger partial charge on any atom is -0.336 e. The molecule has 0 saturated carbocycles. The number of rotatable bonds is 5. The Kier molecular flexibility index (Phi) is 4.70. The summed E-state index contributed by atoms with van der Waals surface area (Å²) in [6.45, 7) is 1.46. The van der Waals surface area contributed by atoms with E-state index < -0.39 is 0 Å². The molecule has 2 aromatic rings. The van der Waals surface area contributed by atoms with Gasteiger partial charge in [0.05, 0.1) is 12.7 Å². The Labute approximate surface area is 122 Å². The van der Waals surface area contributed by atoms with E-state index in [0.29, 0.717) is 30.4 Å². The van der Waals surface area contributed by atoms with Crippen LogP contribution in [0.3, 0.4) is 0 Å². The molecular formula is C13H16ClN5O. The molecule has 0 fully saturated rings. The van der Waals surface area contributed by atoms with E-state index in [2.05, 4.69) is 10.3 Å². The van der Waals surface area contributed by atoms with Gasteiger partial charge in [-0.25, -0.2) is 0 Å². The molecule has 0 spiro atoms. The lowest BCUT2D eigenvalue weighted by Gasteiger charge is -2.15. The average Bonchev–Trinajstić information content (AvgIpc) is 2.87. The highest BCUT2D eigenvalue weighted by molar-refractivity contribution is 6.30. The zero-order chi connectivity index (χ0) is 14.5. The summed E-state index contributed by atoms with van der Waals surface area (Å²) in [6.07, 6.45) is 1.60. The molecule has 0 aliphatic rings. The molecule has 0 saturated heterocycles. The Morgan fingerprint density at radius 1 is 1.50 bits per heavy atom. The molecule has 0 bridgehead atoms. The van der Waals surface area contributed by atoms with Crippen LogP contribution < -0.4 is 5.73 Å². The van der Waals surface area contributed by atoms with E-state index >= 15 is 0 Å². The second-order valence-electron chi connectivity index (χ2n) is 4.45. The third kappa shape index (κ3) is 3.55. The van der Waals surface area contributed by atoms with E-state index in [1.165, 1.54) is 0 Å². The Bertz CT molecular complexity index is 598. The van der Waals surface area contributed by atoms with Gasteiger partial charge in [-0.05, 0) is 17.7 Å². The van der Waals surface area contributed by atoms with Crippen molar-refractivity contribution in [2.45, 2.75) is 13.1 Å². The number of hydrogen-bond acceptors (Lipinski definition) is 4. The second kappa shape index (κ2) is 6.49. The highest BCUT2D eigenvalue weighted by Gasteiger charge is 2.16. The average molecular weight is 294 g/mol. The highest BCUT2D eigenvalue weighted by Crippen LogP contribution is 2.13. The van der Waals surface area contributed by atoms with Gasteiger partial charge in [-0.15, -0.1) is 5.10 Å². The summed E-state index contributed by atoms with van der Waals surface area (Å²) in [5, 5.41) is 8.35. The molecule has 0 atom stereocenters. The number of amides is 1. The van der Waals surface area contributed by atoms with Crippen LogP contribution in [0, 0.1) is 0 Å². The minimum absolute atomic E-state index is 0.187. The van der Waals surface area contributed by atoms with Crippen molar-refractivity contribution in [2.75, 3.05) is 13.6 Å². The fraction of sp³-hybridized carbons (Fsp3) is 0.308. The predicted molar refractivity (Wildman–Crippen MR) is 76.3 cm³/mol. The monoisotopic (exact) mass is 293 g/mol. The maximum atomic E-state index is 12.2. The molecule has 1 aromatic carbocycles. The first-order chi connectivity index (χ1) is 9.60. The summed E-state index contributed by atoms with van der Waals surface area (Å²) in [6, 6.07) is 7.40. The molecule has 7 heteroatoms. The lowest BCUT2D eigenvalue weighted by Crippen LogP contribution is -2.26. The van der Waals surface area contributed by atoms with Crippen LogP contribution in [0.2, 0.25) is 5.02 Å². The zero-order valence-electron chi connectivity index (χ0n) is 11.2. The number of hydrogen-bond donors (Lipinski definition) is 1. The van der Waals surface area contributed by atoms with Gasteiger partial charge in [-0.1, -0.05) is 28.9 Å². The lowest BCUT2D eigenvalue weighted by atomic mass is 10.2. The van der Waals surface area contributed by atoms with Gasteiger partial charge >= 0.3 is 0 Å². The van der Waals surface area contributed by atoms with Crippen LogP contribution in [-0.2, 0) is 13.1 Å². The summed E-state index contributed by atoms with van der Waals surface area (Å²) >= 11 is 5.92. The van der Waals surface area contributed by atoms with Gasteiger partial charge in [0.2, 0.25) is 0 Å². The molecule has 0 radical (unpaired) electrons. The van der Waals surface area contributed by atoms with E-state index in [4.69, 9.17) is 17.3 Å². The first-order valence-corrected chi connectivity index (χ1v) is 6.58. The molecule has 6 nitrogen and oxygen atoms in total. The maximum Gasteiger partial charge on any atom is 0.276 e. The first-order valence-electron chi connectivity index (χ1n) is 6.20. The van der Waals surface area contributed by atoms with Crippen LogP contribution in [0.25, 0.3) is 0 Å². The molecule has 0 aliphatic heterocycles. The van der Waals surface area contributed by atoms with Gasteiger partial charge in [-0.3, -0.25) is 9.48 Å². The van der Waals surface area contributed by atoms with Crippen molar-refractivity contribution in [3.8, 4) is 0 Å². The van der Waals surface area contributed by atoms with Gasteiger partial charge in [0.25, 0.3) is 5.91 Å². The number of carbonyl (C=O) groups excluding carboxylic acids is 1. The van der Waals surface area contributed by atoms with E-state index in [0.717, 1.165) is 5.56 Å². The smallest absolute Gasteiger partial charge is 0.276 e. The topological polar surface area (TPSA) is 77.0 Å².